The van der Waals surface area contributed by atoms with Crippen molar-refractivity contribution >= 4 is 15.9 Å². The average Bonchev–Trinajstić information content (AvgIpc) is 2.40. The first-order chi connectivity index (χ1) is 8.66. The predicted molar refractivity (Wildman–Crippen MR) is 77.8 cm³/mol. The first-order valence-electron chi connectivity index (χ1n) is 6.54. The van der Waals surface area contributed by atoms with Crippen LogP contribution in [0.4, 0.5) is 0 Å². The zero-order chi connectivity index (χ0) is 13.0. The number of hydrogen-bond donors (Lipinski definition) is 2. The van der Waals surface area contributed by atoms with E-state index in [0.29, 0.717) is 0 Å². The Hall–Kier alpha value is -0.420. The summed E-state index contributed by atoms with van der Waals surface area (Å²) in [5, 5.41) is 13.5. The number of piperazine rings is 1. The van der Waals surface area contributed by atoms with E-state index in [4.69, 9.17) is 0 Å². The minimum absolute atomic E-state index is 0.355. The minimum atomic E-state index is -0.355. The summed E-state index contributed by atoms with van der Waals surface area (Å²) in [6.45, 7) is 7.33. The molecule has 0 amide bonds. The molecule has 18 heavy (non-hydrogen) atoms. The molecule has 2 rings (SSSR count). The van der Waals surface area contributed by atoms with Gasteiger partial charge in [-0.15, -0.1) is 0 Å². The third-order valence-electron chi connectivity index (χ3n) is 3.50. The van der Waals surface area contributed by atoms with Crippen molar-refractivity contribution in [3.8, 4) is 0 Å². The van der Waals surface area contributed by atoms with E-state index in [1.54, 1.807) is 0 Å². The Morgan fingerprint density at radius 2 is 2.11 bits per heavy atom. The van der Waals surface area contributed by atoms with Crippen molar-refractivity contribution in [1.29, 1.82) is 0 Å². The van der Waals surface area contributed by atoms with Gasteiger partial charge < -0.3 is 15.3 Å². The zero-order valence-electron chi connectivity index (χ0n) is 10.8. The van der Waals surface area contributed by atoms with Crippen molar-refractivity contribution in [2.24, 2.45) is 0 Å². The number of aliphatic hydroxyl groups is 1. The van der Waals surface area contributed by atoms with Gasteiger partial charge in [0.2, 0.25) is 0 Å². The Kier molecular flexibility index (Phi) is 5.18. The highest BCUT2D eigenvalue weighted by Gasteiger charge is 2.13. The first kappa shape index (κ1) is 14.0. The van der Waals surface area contributed by atoms with Gasteiger partial charge in [-0.1, -0.05) is 28.1 Å². The third-order valence-corrected chi connectivity index (χ3v) is 4.38. The summed E-state index contributed by atoms with van der Waals surface area (Å²) in [5.74, 6) is 0. The van der Waals surface area contributed by atoms with Crippen LogP contribution in [0.25, 0.3) is 0 Å². The number of hydrogen-bond acceptors (Lipinski definition) is 3. The molecule has 2 N–H and O–H groups in total. The summed E-state index contributed by atoms with van der Waals surface area (Å²) in [6, 6.07) is 6.07. The summed E-state index contributed by atoms with van der Waals surface area (Å²) >= 11 is 3.48. The lowest BCUT2D eigenvalue weighted by Crippen LogP contribution is -2.44. The number of halogens is 1. The van der Waals surface area contributed by atoms with Crippen LogP contribution >= 0.6 is 15.9 Å². The largest absolute Gasteiger partial charge is 0.388 e. The number of rotatable bonds is 4. The van der Waals surface area contributed by atoms with Crippen molar-refractivity contribution in [2.75, 3.05) is 32.7 Å². The lowest BCUT2D eigenvalue weighted by molar-refractivity contribution is 0.136. The molecule has 0 spiro atoms. The van der Waals surface area contributed by atoms with Gasteiger partial charge in [0.15, 0.2) is 0 Å². The van der Waals surface area contributed by atoms with Crippen LogP contribution in [0.15, 0.2) is 22.7 Å². The molecule has 0 aliphatic carbocycles. The van der Waals surface area contributed by atoms with E-state index in [-0.39, 0.29) is 6.10 Å². The van der Waals surface area contributed by atoms with Crippen LogP contribution in [-0.2, 0) is 0 Å². The number of aryl methyl sites for hydroxylation is 1. The van der Waals surface area contributed by atoms with Gasteiger partial charge in [-0.05, 0) is 30.5 Å². The fourth-order valence-electron chi connectivity index (χ4n) is 2.28. The maximum atomic E-state index is 10.2. The SMILES string of the molecule is Cc1cc(C(O)CCN2CCNCC2)ccc1Br. The highest BCUT2D eigenvalue weighted by atomic mass is 79.9. The van der Waals surface area contributed by atoms with E-state index in [9.17, 15) is 5.11 Å². The fourth-order valence-corrected chi connectivity index (χ4v) is 2.53. The van der Waals surface area contributed by atoms with Gasteiger partial charge in [-0.3, -0.25) is 0 Å². The van der Waals surface area contributed by atoms with Crippen LogP contribution < -0.4 is 5.32 Å². The Morgan fingerprint density at radius 3 is 2.78 bits per heavy atom. The van der Waals surface area contributed by atoms with Gasteiger partial charge in [0, 0.05) is 37.2 Å². The molecule has 3 nitrogen and oxygen atoms in total. The standard InChI is InChI=1S/C14H21BrN2O/c1-11-10-12(2-3-13(11)15)14(18)4-7-17-8-5-16-6-9-17/h2-3,10,14,16,18H,4-9H2,1H3. The number of benzene rings is 1. The Balaban J connectivity index is 1.86. The molecule has 1 atom stereocenters. The molecule has 0 radical (unpaired) electrons. The molecule has 1 fully saturated rings. The molecule has 0 bridgehead atoms. The predicted octanol–water partition coefficient (Wildman–Crippen LogP) is 2.09. The molecule has 0 saturated carbocycles. The van der Waals surface area contributed by atoms with Crippen molar-refractivity contribution in [3.63, 3.8) is 0 Å². The number of nitrogens with zero attached hydrogens (tertiary/aromatic N) is 1. The molecule has 4 heteroatoms. The Bertz CT molecular complexity index is 391. The number of aliphatic hydroxyl groups excluding tert-OH is 1. The van der Waals surface area contributed by atoms with Crippen molar-refractivity contribution in [1.82, 2.24) is 10.2 Å². The molecule has 1 saturated heterocycles. The zero-order valence-corrected chi connectivity index (χ0v) is 12.4. The fraction of sp³-hybridized carbons (Fsp3) is 0.571. The lowest BCUT2D eigenvalue weighted by atomic mass is 10.0. The highest BCUT2D eigenvalue weighted by molar-refractivity contribution is 9.10. The van der Waals surface area contributed by atoms with E-state index in [0.717, 1.165) is 49.2 Å². The van der Waals surface area contributed by atoms with Crippen LogP contribution in [0, 0.1) is 6.92 Å². The molecule has 1 heterocycles. The summed E-state index contributed by atoms with van der Waals surface area (Å²) < 4.78 is 1.10. The van der Waals surface area contributed by atoms with Gasteiger partial charge >= 0.3 is 0 Å². The molecule has 0 aromatic heterocycles. The molecule has 1 aliphatic heterocycles. The maximum absolute atomic E-state index is 10.2. The third kappa shape index (κ3) is 3.79. The topological polar surface area (TPSA) is 35.5 Å². The van der Waals surface area contributed by atoms with Crippen LogP contribution in [-0.4, -0.2) is 42.7 Å². The Morgan fingerprint density at radius 1 is 1.39 bits per heavy atom. The monoisotopic (exact) mass is 312 g/mol. The number of nitrogens with one attached hydrogen (secondary N) is 1. The lowest BCUT2D eigenvalue weighted by Gasteiger charge is -2.28. The van der Waals surface area contributed by atoms with Crippen molar-refractivity contribution < 1.29 is 5.11 Å². The van der Waals surface area contributed by atoms with Crippen LogP contribution in [0.2, 0.25) is 0 Å². The van der Waals surface area contributed by atoms with Gasteiger partial charge in [0.05, 0.1) is 6.10 Å². The van der Waals surface area contributed by atoms with E-state index in [1.165, 1.54) is 5.56 Å². The molecule has 1 unspecified atom stereocenters. The molecular formula is C14H21BrN2O. The second-order valence-corrected chi connectivity index (χ2v) is 5.76. The molecule has 1 aromatic rings. The van der Waals surface area contributed by atoms with Gasteiger partial charge in [0.1, 0.15) is 0 Å². The van der Waals surface area contributed by atoms with E-state index >= 15 is 0 Å². The van der Waals surface area contributed by atoms with Crippen molar-refractivity contribution in [2.45, 2.75) is 19.4 Å². The maximum Gasteiger partial charge on any atom is 0.0802 e. The summed E-state index contributed by atoms with van der Waals surface area (Å²) in [6.07, 6.45) is 0.452. The smallest absolute Gasteiger partial charge is 0.0802 e. The van der Waals surface area contributed by atoms with Crippen LogP contribution in [0.3, 0.4) is 0 Å². The van der Waals surface area contributed by atoms with Gasteiger partial charge in [-0.2, -0.15) is 0 Å². The molecular weight excluding hydrogens is 292 g/mol. The van der Waals surface area contributed by atoms with E-state index < -0.39 is 0 Å². The second-order valence-electron chi connectivity index (χ2n) is 4.90. The van der Waals surface area contributed by atoms with E-state index in [2.05, 4.69) is 39.1 Å². The quantitative estimate of drug-likeness (QED) is 0.893. The minimum Gasteiger partial charge on any atom is -0.388 e. The Labute approximate surface area is 117 Å². The first-order valence-corrected chi connectivity index (χ1v) is 7.33. The summed E-state index contributed by atoms with van der Waals surface area (Å²) in [5.41, 5.74) is 2.19. The summed E-state index contributed by atoms with van der Waals surface area (Å²) in [4.78, 5) is 2.41. The normalized spacial score (nSPS) is 18.8. The average molecular weight is 313 g/mol. The van der Waals surface area contributed by atoms with E-state index in [1.807, 2.05) is 12.1 Å². The molecule has 1 aliphatic rings. The van der Waals surface area contributed by atoms with Crippen LogP contribution in [0.5, 0.6) is 0 Å². The van der Waals surface area contributed by atoms with Crippen molar-refractivity contribution in [3.05, 3.63) is 33.8 Å². The van der Waals surface area contributed by atoms with Crippen LogP contribution in [0.1, 0.15) is 23.7 Å². The van der Waals surface area contributed by atoms with Gasteiger partial charge in [-0.25, -0.2) is 0 Å². The summed E-state index contributed by atoms with van der Waals surface area (Å²) in [7, 11) is 0. The molecule has 100 valence electrons. The van der Waals surface area contributed by atoms with Gasteiger partial charge in [0.25, 0.3) is 0 Å². The second kappa shape index (κ2) is 6.66. The molecule has 1 aromatic carbocycles. The highest BCUT2D eigenvalue weighted by Crippen LogP contribution is 2.23.